The van der Waals surface area contributed by atoms with E-state index >= 15 is 0 Å². The van der Waals surface area contributed by atoms with E-state index in [2.05, 4.69) is 16.2 Å². The van der Waals surface area contributed by atoms with E-state index < -0.39 is 6.10 Å². The quantitative estimate of drug-likeness (QED) is 0.755. The zero-order valence-electron chi connectivity index (χ0n) is 9.12. The third-order valence-corrected chi connectivity index (χ3v) is 3.49. The lowest BCUT2D eigenvalue weighted by Crippen LogP contribution is -1.92. The fraction of sp³-hybridized carbons (Fsp3) is 0.167. The standard InChI is InChI=1S/C12H10N2O2S/c1-7(15)11-13-12(16-14-11)9-6-17-10-5-3-2-4-8(9)10/h2-7,15H,1H3. The highest BCUT2D eigenvalue weighted by atomic mass is 32.1. The van der Waals surface area contributed by atoms with Gasteiger partial charge in [0.05, 0.1) is 5.56 Å². The summed E-state index contributed by atoms with van der Waals surface area (Å²) in [5.74, 6) is 0.772. The summed E-state index contributed by atoms with van der Waals surface area (Å²) in [4.78, 5) is 4.18. The van der Waals surface area contributed by atoms with E-state index in [1.54, 1.807) is 18.3 Å². The van der Waals surface area contributed by atoms with Gasteiger partial charge in [-0.1, -0.05) is 23.4 Å². The maximum atomic E-state index is 9.37. The summed E-state index contributed by atoms with van der Waals surface area (Å²) in [7, 11) is 0. The van der Waals surface area contributed by atoms with E-state index in [0.717, 1.165) is 10.9 Å². The summed E-state index contributed by atoms with van der Waals surface area (Å²) < 4.78 is 6.34. The van der Waals surface area contributed by atoms with Gasteiger partial charge in [-0.05, 0) is 13.0 Å². The summed E-state index contributed by atoms with van der Waals surface area (Å²) in [6.45, 7) is 1.61. The molecule has 1 aromatic carbocycles. The number of hydrogen-bond donors (Lipinski definition) is 1. The lowest BCUT2D eigenvalue weighted by Gasteiger charge is -1.93. The minimum absolute atomic E-state index is 0.315. The molecule has 1 N–H and O–H groups in total. The van der Waals surface area contributed by atoms with Gasteiger partial charge >= 0.3 is 0 Å². The topological polar surface area (TPSA) is 59.2 Å². The Bertz CT molecular complexity index is 657. The van der Waals surface area contributed by atoms with Gasteiger partial charge in [-0.25, -0.2) is 0 Å². The predicted molar refractivity (Wildman–Crippen MR) is 65.8 cm³/mol. The van der Waals surface area contributed by atoms with Crippen LogP contribution in [0.4, 0.5) is 0 Å². The first-order valence-corrected chi connectivity index (χ1v) is 6.12. The third-order valence-electron chi connectivity index (χ3n) is 2.53. The van der Waals surface area contributed by atoms with Crippen molar-refractivity contribution in [1.29, 1.82) is 0 Å². The van der Waals surface area contributed by atoms with Gasteiger partial charge in [0.2, 0.25) is 0 Å². The van der Waals surface area contributed by atoms with Crippen LogP contribution in [-0.2, 0) is 0 Å². The molecule has 0 saturated carbocycles. The summed E-state index contributed by atoms with van der Waals surface area (Å²) in [5.41, 5.74) is 0.921. The first-order chi connectivity index (χ1) is 8.25. The van der Waals surface area contributed by atoms with Crippen LogP contribution in [0.3, 0.4) is 0 Å². The minimum atomic E-state index is -0.711. The molecule has 1 unspecified atom stereocenters. The molecule has 17 heavy (non-hydrogen) atoms. The molecule has 86 valence electrons. The zero-order chi connectivity index (χ0) is 11.8. The highest BCUT2D eigenvalue weighted by Gasteiger charge is 2.15. The first-order valence-electron chi connectivity index (χ1n) is 5.24. The molecule has 1 atom stereocenters. The Kier molecular flexibility index (Phi) is 2.42. The Labute approximate surface area is 102 Å². The van der Waals surface area contributed by atoms with E-state index in [4.69, 9.17) is 4.52 Å². The molecule has 0 aliphatic rings. The van der Waals surface area contributed by atoms with Crippen molar-refractivity contribution >= 4 is 21.4 Å². The van der Waals surface area contributed by atoms with Crippen molar-refractivity contribution in [2.24, 2.45) is 0 Å². The number of hydrogen-bond acceptors (Lipinski definition) is 5. The van der Waals surface area contributed by atoms with Crippen molar-refractivity contribution in [3.8, 4) is 11.5 Å². The second kappa shape index (κ2) is 3.94. The monoisotopic (exact) mass is 246 g/mol. The Morgan fingerprint density at radius 2 is 2.18 bits per heavy atom. The number of fused-ring (bicyclic) bond motifs is 1. The average Bonchev–Trinajstić information content (AvgIpc) is 2.95. The number of aromatic nitrogens is 2. The number of aliphatic hydroxyl groups excluding tert-OH is 1. The molecule has 0 spiro atoms. The van der Waals surface area contributed by atoms with Gasteiger partial charge < -0.3 is 9.63 Å². The molecular formula is C12H10N2O2S. The minimum Gasteiger partial charge on any atom is -0.385 e. The molecule has 0 amide bonds. The van der Waals surface area contributed by atoms with Crippen molar-refractivity contribution in [2.45, 2.75) is 13.0 Å². The number of benzene rings is 1. The Hall–Kier alpha value is -1.72. The molecule has 0 aliphatic heterocycles. The molecule has 3 rings (SSSR count). The van der Waals surface area contributed by atoms with Crippen molar-refractivity contribution in [3.63, 3.8) is 0 Å². The second-order valence-electron chi connectivity index (χ2n) is 3.78. The van der Waals surface area contributed by atoms with Crippen molar-refractivity contribution < 1.29 is 9.63 Å². The molecule has 0 aliphatic carbocycles. The lowest BCUT2D eigenvalue weighted by molar-refractivity contribution is 0.184. The maximum absolute atomic E-state index is 9.37. The van der Waals surface area contributed by atoms with E-state index in [9.17, 15) is 5.11 Å². The Morgan fingerprint density at radius 3 is 2.94 bits per heavy atom. The molecule has 0 bridgehead atoms. The van der Waals surface area contributed by atoms with Gasteiger partial charge in [0.1, 0.15) is 6.10 Å². The molecule has 3 aromatic rings. The van der Waals surface area contributed by atoms with Crippen LogP contribution in [0.5, 0.6) is 0 Å². The third kappa shape index (κ3) is 1.73. The Balaban J connectivity index is 2.14. The number of aliphatic hydroxyl groups is 1. The van der Waals surface area contributed by atoms with Crippen LogP contribution < -0.4 is 0 Å². The van der Waals surface area contributed by atoms with E-state index in [1.807, 2.05) is 23.6 Å². The van der Waals surface area contributed by atoms with Gasteiger partial charge in [0.15, 0.2) is 5.82 Å². The van der Waals surface area contributed by atoms with Crippen LogP contribution in [0, 0.1) is 0 Å². The predicted octanol–water partition coefficient (Wildman–Crippen LogP) is 3.00. The summed E-state index contributed by atoms with van der Waals surface area (Å²) in [6.07, 6.45) is -0.711. The van der Waals surface area contributed by atoms with Gasteiger partial charge in [0, 0.05) is 15.5 Å². The average molecular weight is 246 g/mol. The molecule has 2 heterocycles. The SMILES string of the molecule is CC(O)c1noc(-c2csc3ccccc23)n1. The van der Waals surface area contributed by atoms with Crippen LogP contribution in [-0.4, -0.2) is 15.2 Å². The molecule has 4 nitrogen and oxygen atoms in total. The van der Waals surface area contributed by atoms with Gasteiger partial charge in [-0.2, -0.15) is 4.98 Å². The molecule has 0 radical (unpaired) electrons. The van der Waals surface area contributed by atoms with Crippen molar-refractivity contribution in [3.05, 3.63) is 35.5 Å². The van der Waals surface area contributed by atoms with Crippen molar-refractivity contribution in [2.75, 3.05) is 0 Å². The normalized spacial score (nSPS) is 13.1. The fourth-order valence-electron chi connectivity index (χ4n) is 1.66. The molecule has 5 heteroatoms. The smallest absolute Gasteiger partial charge is 0.259 e. The molecule has 0 saturated heterocycles. The second-order valence-corrected chi connectivity index (χ2v) is 4.69. The van der Waals surface area contributed by atoms with Gasteiger partial charge in [-0.3, -0.25) is 0 Å². The maximum Gasteiger partial charge on any atom is 0.259 e. The van der Waals surface area contributed by atoms with Crippen LogP contribution in [0.15, 0.2) is 34.2 Å². The highest BCUT2D eigenvalue weighted by molar-refractivity contribution is 7.17. The summed E-state index contributed by atoms with van der Waals surface area (Å²) in [6, 6.07) is 8.05. The summed E-state index contributed by atoms with van der Waals surface area (Å²) >= 11 is 1.64. The molecule has 0 fully saturated rings. The van der Waals surface area contributed by atoms with E-state index in [0.29, 0.717) is 11.7 Å². The largest absolute Gasteiger partial charge is 0.385 e. The van der Waals surface area contributed by atoms with Crippen LogP contribution >= 0.6 is 11.3 Å². The van der Waals surface area contributed by atoms with Gasteiger partial charge in [0.25, 0.3) is 5.89 Å². The van der Waals surface area contributed by atoms with E-state index in [-0.39, 0.29) is 0 Å². The number of thiophene rings is 1. The molecule has 2 aromatic heterocycles. The first kappa shape index (κ1) is 10.4. The number of rotatable bonds is 2. The van der Waals surface area contributed by atoms with Crippen LogP contribution in [0.25, 0.3) is 21.5 Å². The van der Waals surface area contributed by atoms with E-state index in [1.165, 1.54) is 4.70 Å². The fourth-order valence-corrected chi connectivity index (χ4v) is 2.59. The number of nitrogens with zero attached hydrogens (tertiary/aromatic N) is 2. The van der Waals surface area contributed by atoms with Crippen LogP contribution in [0.2, 0.25) is 0 Å². The zero-order valence-corrected chi connectivity index (χ0v) is 9.94. The molecular weight excluding hydrogens is 236 g/mol. The Morgan fingerprint density at radius 1 is 1.35 bits per heavy atom. The summed E-state index contributed by atoms with van der Waals surface area (Å²) in [5, 5.41) is 16.2. The van der Waals surface area contributed by atoms with Gasteiger partial charge in [-0.15, -0.1) is 11.3 Å². The lowest BCUT2D eigenvalue weighted by atomic mass is 10.2. The highest BCUT2D eigenvalue weighted by Crippen LogP contribution is 2.33. The van der Waals surface area contributed by atoms with Crippen molar-refractivity contribution in [1.82, 2.24) is 10.1 Å². The van der Waals surface area contributed by atoms with Crippen LogP contribution in [0.1, 0.15) is 18.9 Å².